The summed E-state index contributed by atoms with van der Waals surface area (Å²) in [6, 6.07) is 6.97. The lowest BCUT2D eigenvalue weighted by atomic mass is 9.75. The van der Waals surface area contributed by atoms with Crippen molar-refractivity contribution in [2.75, 3.05) is 0 Å². The van der Waals surface area contributed by atoms with Crippen molar-refractivity contribution in [2.24, 2.45) is 5.41 Å². The fraction of sp³-hybridized carbons (Fsp3) is 0.263. The average molecular weight is 336 g/mol. The molecule has 25 heavy (non-hydrogen) atoms. The molecule has 1 aliphatic carbocycles. The Kier molecular flexibility index (Phi) is 3.49. The molecule has 3 aromatic rings. The minimum Gasteiger partial charge on any atom is -0.334 e. The minimum atomic E-state index is -0.598. The third-order valence-corrected chi connectivity index (χ3v) is 4.41. The standard InChI is InChI=1S/C19H17FN4O/c1-19(2)8-14-12(15(25)9-19)5-6-13(22-14)18-23-16(17(20)24-18)11-4-3-7-21-10-11/h3-7,10H,8-9H2,1-2H3,(H,23,24). The Balaban J connectivity index is 1.76. The van der Waals surface area contributed by atoms with Crippen LogP contribution in [0.25, 0.3) is 22.8 Å². The van der Waals surface area contributed by atoms with Crippen LogP contribution in [0.5, 0.6) is 0 Å². The topological polar surface area (TPSA) is 71.5 Å². The Labute approximate surface area is 144 Å². The molecular weight excluding hydrogens is 319 g/mol. The molecule has 0 unspecified atom stereocenters. The van der Waals surface area contributed by atoms with E-state index in [4.69, 9.17) is 0 Å². The second kappa shape index (κ2) is 5.58. The van der Waals surface area contributed by atoms with Crippen molar-refractivity contribution in [2.45, 2.75) is 26.7 Å². The van der Waals surface area contributed by atoms with Crippen LogP contribution < -0.4 is 0 Å². The number of hydrogen-bond acceptors (Lipinski definition) is 4. The Bertz CT molecular complexity index is 963. The van der Waals surface area contributed by atoms with Gasteiger partial charge in [0.25, 0.3) is 0 Å². The predicted octanol–water partition coefficient (Wildman–Crippen LogP) is 3.83. The van der Waals surface area contributed by atoms with E-state index in [1.165, 1.54) is 0 Å². The molecule has 0 bridgehead atoms. The summed E-state index contributed by atoms with van der Waals surface area (Å²) in [7, 11) is 0. The Hall–Kier alpha value is -2.89. The number of nitrogens with zero attached hydrogens (tertiary/aromatic N) is 3. The lowest BCUT2D eigenvalue weighted by molar-refractivity contribution is 0.0910. The summed E-state index contributed by atoms with van der Waals surface area (Å²) >= 11 is 0. The molecule has 0 amide bonds. The predicted molar refractivity (Wildman–Crippen MR) is 91.4 cm³/mol. The molecule has 0 saturated heterocycles. The lowest BCUT2D eigenvalue weighted by Gasteiger charge is -2.29. The van der Waals surface area contributed by atoms with Gasteiger partial charge in [-0.15, -0.1) is 0 Å². The van der Waals surface area contributed by atoms with Gasteiger partial charge < -0.3 is 4.98 Å². The highest BCUT2D eigenvalue weighted by Crippen LogP contribution is 2.35. The van der Waals surface area contributed by atoms with Crippen LogP contribution in [0.15, 0.2) is 36.7 Å². The lowest BCUT2D eigenvalue weighted by Crippen LogP contribution is -2.27. The summed E-state index contributed by atoms with van der Waals surface area (Å²) in [6.07, 6.45) is 4.42. The van der Waals surface area contributed by atoms with E-state index in [2.05, 4.69) is 33.8 Å². The minimum absolute atomic E-state index is 0.104. The first-order chi connectivity index (χ1) is 11.9. The van der Waals surface area contributed by atoms with Gasteiger partial charge in [-0.2, -0.15) is 9.37 Å². The molecule has 1 aliphatic rings. The molecule has 0 radical (unpaired) electrons. The molecule has 5 nitrogen and oxygen atoms in total. The van der Waals surface area contributed by atoms with E-state index in [0.717, 1.165) is 5.69 Å². The number of H-pyrrole nitrogens is 1. The zero-order valence-electron chi connectivity index (χ0n) is 14.0. The number of carbonyl (C=O) groups excluding carboxylic acids is 1. The maximum absolute atomic E-state index is 14.3. The zero-order chi connectivity index (χ0) is 17.6. The summed E-state index contributed by atoms with van der Waals surface area (Å²) < 4.78 is 14.3. The van der Waals surface area contributed by atoms with E-state index >= 15 is 0 Å². The average Bonchev–Trinajstić information content (AvgIpc) is 2.96. The molecule has 0 aromatic carbocycles. The molecule has 126 valence electrons. The molecule has 0 fully saturated rings. The monoisotopic (exact) mass is 336 g/mol. The van der Waals surface area contributed by atoms with Gasteiger partial charge in [0.15, 0.2) is 11.6 Å². The van der Waals surface area contributed by atoms with Crippen molar-refractivity contribution in [3.63, 3.8) is 0 Å². The number of imidazole rings is 1. The molecule has 3 aromatic heterocycles. The SMILES string of the molecule is CC1(C)CC(=O)c2ccc(-c3nc(F)c(-c4cccnc4)[nH]3)nc2C1. The van der Waals surface area contributed by atoms with Gasteiger partial charge in [0.05, 0.1) is 5.69 Å². The first kappa shape index (κ1) is 15.6. The zero-order valence-corrected chi connectivity index (χ0v) is 14.0. The maximum atomic E-state index is 14.3. The Morgan fingerprint density at radius 2 is 2.00 bits per heavy atom. The summed E-state index contributed by atoms with van der Waals surface area (Å²) in [5.41, 5.74) is 2.71. The molecule has 0 aliphatic heterocycles. The van der Waals surface area contributed by atoms with Gasteiger partial charge >= 0.3 is 0 Å². The second-order valence-electron chi connectivity index (χ2n) is 7.12. The summed E-state index contributed by atoms with van der Waals surface area (Å²) in [4.78, 5) is 27.8. The molecule has 1 N–H and O–H groups in total. The second-order valence-corrected chi connectivity index (χ2v) is 7.12. The van der Waals surface area contributed by atoms with Crippen LogP contribution >= 0.6 is 0 Å². The number of ketones is 1. The highest BCUT2D eigenvalue weighted by Gasteiger charge is 2.32. The largest absolute Gasteiger partial charge is 0.334 e. The van der Waals surface area contributed by atoms with Crippen LogP contribution in [0.2, 0.25) is 0 Å². The smallest absolute Gasteiger partial charge is 0.239 e. The number of carbonyl (C=O) groups is 1. The van der Waals surface area contributed by atoms with Crippen LogP contribution in [0.4, 0.5) is 4.39 Å². The van der Waals surface area contributed by atoms with E-state index < -0.39 is 5.95 Å². The van der Waals surface area contributed by atoms with Gasteiger partial charge in [-0.3, -0.25) is 9.78 Å². The van der Waals surface area contributed by atoms with Crippen molar-refractivity contribution in [3.8, 4) is 22.8 Å². The van der Waals surface area contributed by atoms with Crippen LogP contribution in [-0.2, 0) is 6.42 Å². The van der Waals surface area contributed by atoms with Crippen LogP contribution in [0.3, 0.4) is 0 Å². The first-order valence-electron chi connectivity index (χ1n) is 8.12. The summed E-state index contributed by atoms with van der Waals surface area (Å²) in [5, 5.41) is 0. The third kappa shape index (κ3) is 2.84. The van der Waals surface area contributed by atoms with Gasteiger partial charge in [0, 0.05) is 29.9 Å². The van der Waals surface area contributed by atoms with Gasteiger partial charge in [-0.1, -0.05) is 13.8 Å². The number of pyridine rings is 2. The van der Waals surface area contributed by atoms with Crippen molar-refractivity contribution in [3.05, 3.63) is 53.9 Å². The molecule has 0 saturated carbocycles. The van der Waals surface area contributed by atoms with E-state index in [0.29, 0.717) is 35.5 Å². The van der Waals surface area contributed by atoms with Gasteiger partial charge in [0.2, 0.25) is 5.95 Å². The number of Topliss-reactive ketones (excluding diaryl/α,β-unsaturated/α-hetero) is 1. The number of hydrogen-bond donors (Lipinski definition) is 1. The maximum Gasteiger partial charge on any atom is 0.239 e. The molecule has 0 atom stereocenters. The number of halogens is 1. The molecular formula is C19H17FN4O. The van der Waals surface area contributed by atoms with Gasteiger partial charge in [-0.05, 0) is 36.1 Å². The molecule has 6 heteroatoms. The van der Waals surface area contributed by atoms with E-state index in [-0.39, 0.29) is 16.9 Å². The van der Waals surface area contributed by atoms with Crippen molar-refractivity contribution < 1.29 is 9.18 Å². The van der Waals surface area contributed by atoms with Crippen LogP contribution in [-0.4, -0.2) is 25.7 Å². The van der Waals surface area contributed by atoms with E-state index in [1.807, 2.05) is 0 Å². The molecule has 0 spiro atoms. The van der Waals surface area contributed by atoms with Crippen molar-refractivity contribution in [1.29, 1.82) is 0 Å². The van der Waals surface area contributed by atoms with Crippen LogP contribution in [0, 0.1) is 11.4 Å². The van der Waals surface area contributed by atoms with Crippen LogP contribution in [0.1, 0.15) is 36.3 Å². The fourth-order valence-electron chi connectivity index (χ4n) is 3.24. The summed E-state index contributed by atoms with van der Waals surface area (Å²) in [6.45, 7) is 4.10. The normalized spacial score (nSPS) is 15.9. The van der Waals surface area contributed by atoms with Crippen molar-refractivity contribution in [1.82, 2.24) is 19.9 Å². The quantitative estimate of drug-likeness (QED) is 0.772. The number of rotatable bonds is 2. The van der Waals surface area contributed by atoms with Crippen molar-refractivity contribution >= 4 is 5.78 Å². The number of fused-ring (bicyclic) bond motifs is 1. The van der Waals surface area contributed by atoms with Gasteiger partial charge in [-0.25, -0.2) is 4.98 Å². The van der Waals surface area contributed by atoms with E-state index in [1.54, 1.807) is 36.7 Å². The Morgan fingerprint density at radius 3 is 2.76 bits per heavy atom. The van der Waals surface area contributed by atoms with Gasteiger partial charge in [0.1, 0.15) is 11.4 Å². The molecule has 4 rings (SSSR count). The number of nitrogens with one attached hydrogen (secondary N) is 1. The summed E-state index contributed by atoms with van der Waals surface area (Å²) in [5.74, 6) is -0.152. The highest BCUT2D eigenvalue weighted by atomic mass is 19.1. The third-order valence-electron chi connectivity index (χ3n) is 4.41. The highest BCUT2D eigenvalue weighted by molar-refractivity contribution is 5.98. The number of aromatic amines is 1. The number of aromatic nitrogens is 4. The molecule has 3 heterocycles. The fourth-order valence-corrected chi connectivity index (χ4v) is 3.24. The Morgan fingerprint density at radius 1 is 1.16 bits per heavy atom. The van der Waals surface area contributed by atoms with E-state index in [9.17, 15) is 9.18 Å². The first-order valence-corrected chi connectivity index (χ1v) is 8.12.